The summed E-state index contributed by atoms with van der Waals surface area (Å²) in [6, 6.07) is 0.892. The van der Waals surface area contributed by atoms with E-state index in [1.165, 1.54) is 0 Å². The molecule has 1 aliphatic rings. The van der Waals surface area contributed by atoms with Crippen molar-refractivity contribution >= 4 is 17.4 Å². The van der Waals surface area contributed by atoms with Gasteiger partial charge in [-0.2, -0.15) is 0 Å². The van der Waals surface area contributed by atoms with E-state index in [1.54, 1.807) is 12.4 Å². The van der Waals surface area contributed by atoms with Crippen molar-refractivity contribution in [1.29, 1.82) is 0 Å². The number of rotatable bonds is 3. The molecule has 0 radical (unpaired) electrons. The number of nitrogens with zero attached hydrogens (tertiary/aromatic N) is 3. The maximum Gasteiger partial charge on any atom is 0.149 e. The van der Waals surface area contributed by atoms with Crippen LogP contribution in [-0.4, -0.2) is 28.6 Å². The number of hydrogen-bond donors (Lipinski definition) is 1. The second-order valence-electron chi connectivity index (χ2n) is 4.55. The molecule has 2 N–H and O–H groups in total. The van der Waals surface area contributed by atoms with E-state index in [0.717, 1.165) is 38.0 Å². The molecule has 0 amide bonds. The second kappa shape index (κ2) is 5.65. The van der Waals surface area contributed by atoms with Gasteiger partial charge in [-0.05, 0) is 32.6 Å². The van der Waals surface area contributed by atoms with Crippen LogP contribution in [-0.2, 0) is 0 Å². The van der Waals surface area contributed by atoms with Gasteiger partial charge in [0.25, 0.3) is 0 Å². The molecule has 0 atom stereocenters. The monoisotopic (exact) mass is 254 g/mol. The van der Waals surface area contributed by atoms with E-state index < -0.39 is 0 Å². The van der Waals surface area contributed by atoms with Crippen LogP contribution in [0.4, 0.5) is 5.82 Å². The molecule has 17 heavy (non-hydrogen) atoms. The average Bonchev–Trinajstić information content (AvgIpc) is 2.33. The topological polar surface area (TPSA) is 55.0 Å². The highest BCUT2D eigenvalue weighted by Gasteiger charge is 2.24. The summed E-state index contributed by atoms with van der Waals surface area (Å²) in [6.45, 7) is 3.06. The van der Waals surface area contributed by atoms with Gasteiger partial charge in [-0.3, -0.25) is 4.98 Å². The minimum absolute atomic E-state index is 0.371. The van der Waals surface area contributed by atoms with E-state index >= 15 is 0 Å². The van der Waals surface area contributed by atoms with Crippen LogP contribution < -0.4 is 10.6 Å². The molecule has 5 heteroatoms. The number of anilines is 1. The molecule has 1 aliphatic carbocycles. The van der Waals surface area contributed by atoms with Gasteiger partial charge in [0, 0.05) is 18.6 Å². The van der Waals surface area contributed by atoms with Crippen molar-refractivity contribution < 1.29 is 0 Å². The number of nitrogens with two attached hydrogens (primary N) is 1. The maximum atomic E-state index is 5.93. The predicted molar refractivity (Wildman–Crippen MR) is 70.3 cm³/mol. The molecule has 1 aromatic heterocycles. The largest absolute Gasteiger partial charge is 0.353 e. The Kier molecular flexibility index (Phi) is 4.18. The summed E-state index contributed by atoms with van der Waals surface area (Å²) in [5.74, 6) is 0.875. The van der Waals surface area contributed by atoms with Crippen LogP contribution in [0.15, 0.2) is 12.4 Å². The van der Waals surface area contributed by atoms with Crippen molar-refractivity contribution in [3.05, 3.63) is 17.5 Å². The van der Waals surface area contributed by atoms with Gasteiger partial charge in [-0.15, -0.1) is 0 Å². The van der Waals surface area contributed by atoms with Crippen LogP contribution in [0.5, 0.6) is 0 Å². The highest BCUT2D eigenvalue weighted by Crippen LogP contribution is 2.25. The van der Waals surface area contributed by atoms with E-state index in [1.807, 2.05) is 0 Å². The van der Waals surface area contributed by atoms with Crippen molar-refractivity contribution in [1.82, 2.24) is 9.97 Å². The Morgan fingerprint density at radius 3 is 2.65 bits per heavy atom. The summed E-state index contributed by atoms with van der Waals surface area (Å²) >= 11 is 5.89. The smallest absolute Gasteiger partial charge is 0.149 e. The molecule has 1 heterocycles. The van der Waals surface area contributed by atoms with Crippen molar-refractivity contribution in [2.75, 3.05) is 11.4 Å². The third kappa shape index (κ3) is 3.07. The molecule has 2 rings (SSSR count). The minimum Gasteiger partial charge on any atom is -0.353 e. The van der Waals surface area contributed by atoms with Gasteiger partial charge >= 0.3 is 0 Å². The van der Waals surface area contributed by atoms with E-state index in [2.05, 4.69) is 21.8 Å². The van der Waals surface area contributed by atoms with Crippen LogP contribution in [0, 0.1) is 0 Å². The van der Waals surface area contributed by atoms with Gasteiger partial charge in [0.2, 0.25) is 0 Å². The first-order chi connectivity index (χ1) is 8.20. The Morgan fingerprint density at radius 1 is 1.35 bits per heavy atom. The first-order valence-corrected chi connectivity index (χ1v) is 6.58. The molecule has 94 valence electrons. The van der Waals surface area contributed by atoms with Gasteiger partial charge < -0.3 is 10.6 Å². The molecule has 1 fully saturated rings. The summed E-state index contributed by atoms with van der Waals surface area (Å²) in [5, 5.41) is 0.452. The molecule has 4 nitrogen and oxygen atoms in total. The molecule has 1 saturated carbocycles. The lowest BCUT2D eigenvalue weighted by atomic mass is 9.91. The van der Waals surface area contributed by atoms with Gasteiger partial charge in [0.05, 0.1) is 12.4 Å². The maximum absolute atomic E-state index is 5.93. The molecular weight excluding hydrogens is 236 g/mol. The Labute approximate surface area is 107 Å². The fraction of sp³-hybridized carbons (Fsp3) is 0.667. The summed E-state index contributed by atoms with van der Waals surface area (Å²) in [5.41, 5.74) is 5.93. The average molecular weight is 255 g/mol. The first-order valence-electron chi connectivity index (χ1n) is 6.20. The van der Waals surface area contributed by atoms with Crippen LogP contribution in [0.3, 0.4) is 0 Å². The summed E-state index contributed by atoms with van der Waals surface area (Å²) in [7, 11) is 0. The fourth-order valence-corrected chi connectivity index (χ4v) is 2.63. The highest BCUT2D eigenvalue weighted by molar-refractivity contribution is 6.29. The predicted octanol–water partition coefficient (Wildman–Crippen LogP) is 2.23. The minimum atomic E-state index is 0.371. The Balaban J connectivity index is 2.10. The van der Waals surface area contributed by atoms with Crippen LogP contribution >= 0.6 is 11.6 Å². The van der Waals surface area contributed by atoms with Crippen LogP contribution in [0.2, 0.25) is 5.15 Å². The molecule has 0 spiro atoms. The summed E-state index contributed by atoms with van der Waals surface area (Å²) < 4.78 is 0. The number of hydrogen-bond acceptors (Lipinski definition) is 4. The van der Waals surface area contributed by atoms with Crippen LogP contribution in [0.25, 0.3) is 0 Å². The Bertz CT molecular complexity index is 363. The normalized spacial score (nSPS) is 24.6. The van der Waals surface area contributed by atoms with Gasteiger partial charge in [0.1, 0.15) is 11.0 Å². The molecular formula is C12H19ClN4. The Hall–Kier alpha value is -0.870. The summed E-state index contributed by atoms with van der Waals surface area (Å²) in [4.78, 5) is 10.7. The highest BCUT2D eigenvalue weighted by atomic mass is 35.5. The number of aromatic nitrogens is 2. The molecule has 0 aromatic carbocycles. The SMILES string of the molecule is CCN(c1cncc(Cl)n1)C1CCC(N)CC1. The molecule has 0 aliphatic heterocycles. The second-order valence-corrected chi connectivity index (χ2v) is 4.94. The van der Waals surface area contributed by atoms with Crippen LogP contribution in [0.1, 0.15) is 32.6 Å². The lowest BCUT2D eigenvalue weighted by molar-refractivity contribution is 0.376. The van der Waals surface area contributed by atoms with Gasteiger partial charge in [-0.1, -0.05) is 11.6 Å². The van der Waals surface area contributed by atoms with E-state index in [0.29, 0.717) is 17.2 Å². The molecule has 0 saturated heterocycles. The summed E-state index contributed by atoms with van der Waals surface area (Å²) in [6.07, 6.45) is 7.79. The first kappa shape index (κ1) is 12.6. The van der Waals surface area contributed by atoms with Gasteiger partial charge in [0.15, 0.2) is 0 Å². The zero-order valence-electron chi connectivity index (χ0n) is 10.1. The van der Waals surface area contributed by atoms with E-state index in [4.69, 9.17) is 17.3 Å². The Morgan fingerprint density at radius 2 is 2.06 bits per heavy atom. The van der Waals surface area contributed by atoms with Crippen molar-refractivity contribution in [2.24, 2.45) is 5.73 Å². The fourth-order valence-electron chi connectivity index (χ4n) is 2.49. The molecule has 0 bridgehead atoms. The quantitative estimate of drug-likeness (QED) is 0.899. The van der Waals surface area contributed by atoms with Crippen molar-refractivity contribution in [3.63, 3.8) is 0 Å². The number of halogens is 1. The van der Waals surface area contributed by atoms with Crippen molar-refractivity contribution in [3.8, 4) is 0 Å². The van der Waals surface area contributed by atoms with Gasteiger partial charge in [-0.25, -0.2) is 4.98 Å². The molecule has 0 unspecified atom stereocenters. The zero-order chi connectivity index (χ0) is 12.3. The standard InChI is InChI=1S/C12H19ClN4/c1-2-17(10-5-3-9(14)4-6-10)12-8-15-7-11(13)16-12/h7-10H,2-6,14H2,1H3. The third-order valence-electron chi connectivity index (χ3n) is 3.41. The van der Waals surface area contributed by atoms with Crippen molar-refractivity contribution in [2.45, 2.75) is 44.7 Å². The lowest BCUT2D eigenvalue weighted by Crippen LogP contribution is -2.41. The molecule has 1 aromatic rings. The van der Waals surface area contributed by atoms with E-state index in [9.17, 15) is 0 Å². The zero-order valence-corrected chi connectivity index (χ0v) is 10.9. The third-order valence-corrected chi connectivity index (χ3v) is 3.59. The lowest BCUT2D eigenvalue weighted by Gasteiger charge is -2.36. The van der Waals surface area contributed by atoms with E-state index in [-0.39, 0.29) is 0 Å².